The molecule has 0 saturated heterocycles. The number of pyridine rings is 2. The molecular formula is C19H24N5O3+. The molecule has 0 aliphatic heterocycles. The Morgan fingerprint density at radius 3 is 2.93 bits per heavy atom. The molecule has 0 aliphatic carbocycles. The van der Waals surface area contributed by atoms with Gasteiger partial charge in [-0.2, -0.15) is 4.40 Å². The fourth-order valence-electron chi connectivity index (χ4n) is 2.87. The van der Waals surface area contributed by atoms with Gasteiger partial charge >= 0.3 is 5.56 Å². The Labute approximate surface area is 156 Å². The number of ether oxygens (including phenoxy) is 1. The first-order valence-electron chi connectivity index (χ1n) is 8.98. The van der Waals surface area contributed by atoms with Crippen LogP contribution in [0.4, 0.5) is 5.82 Å². The number of fused-ring (bicyclic) bond motifs is 2. The van der Waals surface area contributed by atoms with Crippen LogP contribution in [0.25, 0.3) is 16.7 Å². The Morgan fingerprint density at radius 1 is 1.37 bits per heavy atom. The van der Waals surface area contributed by atoms with Crippen molar-refractivity contribution in [3.63, 3.8) is 0 Å². The Balaban J connectivity index is 2.08. The van der Waals surface area contributed by atoms with Crippen molar-refractivity contribution in [3.05, 3.63) is 45.9 Å². The fraction of sp³-hybridized carbons (Fsp3) is 0.368. The van der Waals surface area contributed by atoms with Crippen molar-refractivity contribution in [2.45, 2.75) is 20.3 Å². The first kappa shape index (κ1) is 18.8. The molecule has 0 aromatic carbocycles. The van der Waals surface area contributed by atoms with E-state index >= 15 is 0 Å². The number of aryl methyl sites for hydroxylation is 1. The molecule has 0 bridgehead atoms. The van der Waals surface area contributed by atoms with E-state index in [2.05, 4.69) is 20.6 Å². The van der Waals surface area contributed by atoms with Gasteiger partial charge in [-0.25, -0.2) is 9.78 Å². The zero-order valence-electron chi connectivity index (χ0n) is 15.8. The van der Waals surface area contributed by atoms with Crippen LogP contribution >= 0.6 is 0 Å². The van der Waals surface area contributed by atoms with Crippen LogP contribution in [0.5, 0.6) is 0 Å². The lowest BCUT2D eigenvalue weighted by atomic mass is 10.2. The number of nitrogens with one attached hydrogen (secondary N) is 3. The first-order chi connectivity index (χ1) is 13.0. The van der Waals surface area contributed by atoms with Gasteiger partial charge in [-0.15, -0.1) is 0 Å². The second-order valence-corrected chi connectivity index (χ2v) is 6.23. The molecule has 0 fully saturated rings. The van der Waals surface area contributed by atoms with Gasteiger partial charge in [0.2, 0.25) is 11.5 Å². The van der Waals surface area contributed by atoms with E-state index in [4.69, 9.17) is 4.74 Å². The minimum Gasteiger partial charge on any atom is -0.382 e. The predicted molar refractivity (Wildman–Crippen MR) is 103 cm³/mol. The van der Waals surface area contributed by atoms with Crippen molar-refractivity contribution in [1.29, 1.82) is 0 Å². The van der Waals surface area contributed by atoms with E-state index in [9.17, 15) is 9.59 Å². The molecule has 8 heteroatoms. The average Bonchev–Trinajstić information content (AvgIpc) is 2.67. The largest absolute Gasteiger partial charge is 0.382 e. The summed E-state index contributed by atoms with van der Waals surface area (Å²) in [6, 6.07) is 5.34. The molecule has 3 aromatic rings. The van der Waals surface area contributed by atoms with Gasteiger partial charge in [0.25, 0.3) is 11.6 Å². The van der Waals surface area contributed by atoms with Crippen LogP contribution in [0.1, 0.15) is 29.3 Å². The number of carbonyl (C=O) groups is 1. The molecule has 0 atom stereocenters. The zero-order valence-corrected chi connectivity index (χ0v) is 15.8. The molecule has 3 rings (SSSR count). The third kappa shape index (κ3) is 3.90. The number of aromatic amines is 1. The van der Waals surface area contributed by atoms with E-state index in [1.54, 1.807) is 19.3 Å². The standard InChI is InChI=1S/C19H23N5O3/c1-4-27-9-5-8-21-16-13(18(25)20-3)10-14-17(23-16)22-15-7-6-12(2)11-24(15)19(14)26/h6-7,10-11H,4-5,8-9H2,1-3H3,(H,20,25)(H,21,23)/p+1. The van der Waals surface area contributed by atoms with Gasteiger partial charge in [-0.1, -0.05) is 4.98 Å². The molecule has 0 radical (unpaired) electrons. The van der Waals surface area contributed by atoms with Gasteiger partial charge in [-0.05, 0) is 38.0 Å². The fourth-order valence-corrected chi connectivity index (χ4v) is 2.87. The number of amides is 1. The highest BCUT2D eigenvalue weighted by molar-refractivity contribution is 6.01. The molecule has 0 saturated carbocycles. The Kier molecular flexibility index (Phi) is 5.66. The maximum Gasteiger partial charge on any atom is 0.325 e. The summed E-state index contributed by atoms with van der Waals surface area (Å²) in [5.74, 6) is 0.135. The van der Waals surface area contributed by atoms with E-state index in [0.29, 0.717) is 47.8 Å². The molecule has 0 unspecified atom stereocenters. The molecule has 8 nitrogen and oxygen atoms in total. The molecule has 3 heterocycles. The number of rotatable bonds is 7. The number of anilines is 1. The highest BCUT2D eigenvalue weighted by Crippen LogP contribution is 2.17. The number of carbonyl (C=O) groups excluding carboxylic acids is 1. The summed E-state index contributed by atoms with van der Waals surface area (Å²) in [4.78, 5) is 32.9. The smallest absolute Gasteiger partial charge is 0.325 e. The maximum absolute atomic E-state index is 12.9. The minimum absolute atomic E-state index is 0.219. The molecule has 142 valence electrons. The molecular weight excluding hydrogens is 346 g/mol. The lowest BCUT2D eigenvalue weighted by Gasteiger charge is -2.09. The number of nitrogens with zero attached hydrogens (tertiary/aromatic N) is 2. The van der Waals surface area contributed by atoms with Gasteiger partial charge in [0.1, 0.15) is 10.9 Å². The monoisotopic (exact) mass is 370 g/mol. The van der Waals surface area contributed by atoms with E-state index in [1.165, 1.54) is 4.40 Å². The van der Waals surface area contributed by atoms with Crippen LogP contribution in [0.15, 0.2) is 29.2 Å². The topological polar surface area (TPSA) is 98.9 Å². The number of hydrogen-bond donors (Lipinski definition) is 2. The molecule has 3 aromatic heterocycles. The quantitative estimate of drug-likeness (QED) is 0.480. The van der Waals surface area contributed by atoms with Crippen molar-refractivity contribution in [1.82, 2.24) is 14.7 Å². The summed E-state index contributed by atoms with van der Waals surface area (Å²) < 4.78 is 6.85. The molecule has 3 N–H and O–H groups in total. The predicted octanol–water partition coefficient (Wildman–Crippen LogP) is 1.17. The van der Waals surface area contributed by atoms with Crippen molar-refractivity contribution < 1.29 is 14.5 Å². The molecule has 1 amide bonds. The summed E-state index contributed by atoms with van der Waals surface area (Å²) in [6.07, 6.45) is 2.54. The van der Waals surface area contributed by atoms with E-state index in [-0.39, 0.29) is 11.5 Å². The Bertz CT molecular complexity index is 1040. The summed E-state index contributed by atoms with van der Waals surface area (Å²) in [5.41, 5.74) is 2.15. The van der Waals surface area contributed by atoms with Gasteiger partial charge in [0.15, 0.2) is 0 Å². The molecule has 0 aliphatic rings. The summed E-state index contributed by atoms with van der Waals surface area (Å²) in [5, 5.41) is 6.13. The van der Waals surface area contributed by atoms with Gasteiger partial charge in [0.05, 0.1) is 6.20 Å². The first-order valence-corrected chi connectivity index (χ1v) is 8.98. The SMILES string of the molecule is CCOCCCNc1nc2[nH+]c3ccc(C)cn3c(=O)c2cc1C(=O)NC. The van der Waals surface area contributed by atoms with Crippen LogP contribution in [-0.4, -0.2) is 42.1 Å². The lowest BCUT2D eigenvalue weighted by molar-refractivity contribution is -0.319. The van der Waals surface area contributed by atoms with Crippen LogP contribution in [0.3, 0.4) is 0 Å². The van der Waals surface area contributed by atoms with Crippen molar-refractivity contribution in [3.8, 4) is 0 Å². The normalized spacial score (nSPS) is 11.1. The Morgan fingerprint density at radius 2 is 2.19 bits per heavy atom. The number of aromatic nitrogens is 3. The van der Waals surface area contributed by atoms with E-state index in [1.807, 2.05) is 26.0 Å². The third-order valence-electron chi connectivity index (χ3n) is 4.25. The number of hydrogen-bond acceptors (Lipinski definition) is 5. The van der Waals surface area contributed by atoms with Crippen LogP contribution in [0, 0.1) is 6.92 Å². The van der Waals surface area contributed by atoms with Gasteiger partial charge in [0, 0.05) is 32.9 Å². The van der Waals surface area contributed by atoms with Gasteiger partial charge < -0.3 is 15.4 Å². The Hall–Kier alpha value is -3.00. The summed E-state index contributed by atoms with van der Waals surface area (Å²) >= 11 is 0. The summed E-state index contributed by atoms with van der Waals surface area (Å²) in [6.45, 7) is 5.77. The zero-order chi connectivity index (χ0) is 19.4. The van der Waals surface area contributed by atoms with Crippen molar-refractivity contribution >= 4 is 28.4 Å². The maximum atomic E-state index is 12.9. The minimum atomic E-state index is -0.301. The van der Waals surface area contributed by atoms with Crippen molar-refractivity contribution in [2.75, 3.05) is 32.1 Å². The third-order valence-corrected chi connectivity index (χ3v) is 4.25. The molecule has 0 spiro atoms. The highest BCUT2D eigenvalue weighted by Gasteiger charge is 2.21. The summed E-state index contributed by atoms with van der Waals surface area (Å²) in [7, 11) is 1.55. The molecule has 27 heavy (non-hydrogen) atoms. The average molecular weight is 370 g/mol. The van der Waals surface area contributed by atoms with Crippen LogP contribution < -0.4 is 21.2 Å². The lowest BCUT2D eigenvalue weighted by Crippen LogP contribution is -2.27. The van der Waals surface area contributed by atoms with Crippen LogP contribution in [0.2, 0.25) is 0 Å². The highest BCUT2D eigenvalue weighted by atomic mass is 16.5. The number of H-pyrrole nitrogens is 1. The van der Waals surface area contributed by atoms with Crippen molar-refractivity contribution in [2.24, 2.45) is 0 Å². The second-order valence-electron chi connectivity index (χ2n) is 6.23. The van der Waals surface area contributed by atoms with E-state index < -0.39 is 0 Å². The van der Waals surface area contributed by atoms with Crippen LogP contribution in [-0.2, 0) is 4.74 Å². The van der Waals surface area contributed by atoms with E-state index in [0.717, 1.165) is 12.0 Å². The van der Waals surface area contributed by atoms with Gasteiger partial charge in [-0.3, -0.25) is 4.79 Å². The second kappa shape index (κ2) is 8.13.